The van der Waals surface area contributed by atoms with Crippen LogP contribution in [0, 0.1) is 5.41 Å². The van der Waals surface area contributed by atoms with Crippen LogP contribution < -0.4 is 5.43 Å². The van der Waals surface area contributed by atoms with E-state index >= 15 is 0 Å². The Morgan fingerprint density at radius 3 is 2.42 bits per heavy atom. The van der Waals surface area contributed by atoms with Gasteiger partial charge in [-0.05, 0) is 55.7 Å². The van der Waals surface area contributed by atoms with Crippen LogP contribution in [0.5, 0.6) is 0 Å². The molecule has 2 aromatic carbocycles. The Kier molecular flexibility index (Phi) is 5.66. The van der Waals surface area contributed by atoms with Crippen LogP contribution in [0.2, 0.25) is 10.0 Å². The highest BCUT2D eigenvalue weighted by atomic mass is 35.5. The molecule has 1 aliphatic heterocycles. The van der Waals surface area contributed by atoms with Gasteiger partial charge in [0.25, 0.3) is 0 Å². The maximum atomic E-state index is 13.6. The van der Waals surface area contributed by atoms with Crippen LogP contribution in [0.1, 0.15) is 36.5 Å². The summed E-state index contributed by atoms with van der Waals surface area (Å²) in [5.41, 5.74) is 4.16. The van der Waals surface area contributed by atoms with Gasteiger partial charge in [-0.25, -0.2) is 4.98 Å². The van der Waals surface area contributed by atoms with Gasteiger partial charge in [0.2, 0.25) is 0 Å². The van der Waals surface area contributed by atoms with Crippen molar-refractivity contribution in [3.63, 3.8) is 0 Å². The number of rotatable bonds is 5. The second kappa shape index (κ2) is 8.25. The summed E-state index contributed by atoms with van der Waals surface area (Å²) < 4.78 is 42.9. The fourth-order valence-electron chi connectivity index (χ4n) is 4.07. The molecule has 0 spiro atoms. The predicted octanol–water partition coefficient (Wildman–Crippen LogP) is 7.40. The molecule has 0 amide bonds. The summed E-state index contributed by atoms with van der Waals surface area (Å²) in [6.07, 6.45) is -3.56. The summed E-state index contributed by atoms with van der Waals surface area (Å²) in [5.74, 6) is 0.613. The van der Waals surface area contributed by atoms with Crippen molar-refractivity contribution in [3.05, 3.63) is 70.0 Å². The van der Waals surface area contributed by atoms with Gasteiger partial charge in [-0.2, -0.15) is 18.3 Å². The first-order valence-electron chi connectivity index (χ1n) is 10.4. The zero-order valence-corrected chi connectivity index (χ0v) is 19.8. The third-order valence-electron chi connectivity index (χ3n) is 6.00. The first kappa shape index (κ1) is 22.6. The van der Waals surface area contributed by atoms with Crippen molar-refractivity contribution in [1.82, 2.24) is 15.0 Å². The van der Waals surface area contributed by atoms with Crippen LogP contribution in [0.4, 0.5) is 13.2 Å². The normalized spacial score (nSPS) is 19.3. The van der Waals surface area contributed by atoms with Crippen molar-refractivity contribution in [3.8, 4) is 17.1 Å². The van der Waals surface area contributed by atoms with Gasteiger partial charge in [0.15, 0.2) is 0 Å². The number of alkyl halides is 3. The van der Waals surface area contributed by atoms with Gasteiger partial charge < -0.3 is 0 Å². The average Bonchev–Trinajstić information content (AvgIpc) is 3.32. The van der Waals surface area contributed by atoms with Crippen molar-refractivity contribution in [2.75, 3.05) is 0 Å². The lowest BCUT2D eigenvalue weighted by molar-refractivity contribution is -0.164. The number of halogens is 5. The van der Waals surface area contributed by atoms with Crippen molar-refractivity contribution in [2.24, 2.45) is 10.5 Å². The third-order valence-corrected chi connectivity index (χ3v) is 7.85. The molecule has 1 aromatic heterocycles. The van der Waals surface area contributed by atoms with Gasteiger partial charge in [-0.1, -0.05) is 54.0 Å². The highest BCUT2D eigenvalue weighted by Crippen LogP contribution is 2.62. The summed E-state index contributed by atoms with van der Waals surface area (Å²) >= 11 is 13.7. The predicted molar refractivity (Wildman–Crippen MR) is 127 cm³/mol. The number of hydrogen-bond donors (Lipinski definition) is 1. The van der Waals surface area contributed by atoms with E-state index in [1.807, 2.05) is 41.8 Å². The second-order valence-electron chi connectivity index (χ2n) is 8.04. The molecule has 0 bridgehead atoms. The highest BCUT2D eigenvalue weighted by Gasteiger charge is 2.67. The molecule has 0 radical (unpaired) electrons. The lowest BCUT2D eigenvalue weighted by Gasteiger charge is -2.18. The van der Waals surface area contributed by atoms with Gasteiger partial charge in [-0.15, -0.1) is 0 Å². The number of aromatic nitrogens is 2. The summed E-state index contributed by atoms with van der Waals surface area (Å²) in [7, 11) is 0. The zero-order chi connectivity index (χ0) is 23.4. The smallest absolute Gasteiger partial charge is 0.296 e. The largest absolute Gasteiger partial charge is 0.400 e. The van der Waals surface area contributed by atoms with E-state index in [0.29, 0.717) is 28.0 Å². The van der Waals surface area contributed by atoms with Gasteiger partial charge in [0.1, 0.15) is 21.7 Å². The first-order chi connectivity index (χ1) is 15.7. The second-order valence-corrected chi connectivity index (χ2v) is 9.97. The molecule has 1 unspecified atom stereocenters. The van der Waals surface area contributed by atoms with Crippen molar-refractivity contribution < 1.29 is 13.2 Å². The molecular weight excluding hydrogens is 492 g/mol. The monoisotopic (exact) mass is 510 g/mol. The van der Waals surface area contributed by atoms with Crippen LogP contribution in [0.15, 0.2) is 53.6 Å². The summed E-state index contributed by atoms with van der Waals surface area (Å²) in [6, 6.07) is 14.7. The maximum absolute atomic E-state index is 13.6. The van der Waals surface area contributed by atoms with E-state index in [0.717, 1.165) is 28.7 Å². The summed E-state index contributed by atoms with van der Waals surface area (Å²) in [6.45, 7) is 1.99. The molecule has 172 valence electrons. The standard InChI is InChI=1S/C23H19Cl2F3N4S/c1-2-17-18(20-30-31-21(33-20)22(11-12-22)23(26,27)28)29-19(15-5-3-4-6-16(15)25)32(17)14-9-7-13(24)8-10-14/h3-10,20,30H,2,11-12H2,1H3. The van der Waals surface area contributed by atoms with E-state index in [4.69, 9.17) is 28.2 Å². The minimum atomic E-state index is -4.31. The molecular formula is C23H19Cl2F3N4S. The van der Waals surface area contributed by atoms with E-state index in [1.165, 1.54) is 0 Å². The Hall–Kier alpha value is -2.16. The number of nitrogens with one attached hydrogen (secondary N) is 1. The summed E-state index contributed by atoms with van der Waals surface area (Å²) in [4.78, 5) is 4.90. The fourth-order valence-corrected chi connectivity index (χ4v) is 5.70. The number of hydrazone groups is 1. The lowest BCUT2D eigenvalue weighted by atomic mass is 10.1. The van der Waals surface area contributed by atoms with E-state index < -0.39 is 17.0 Å². The van der Waals surface area contributed by atoms with Crippen LogP contribution in [-0.4, -0.2) is 20.8 Å². The SMILES string of the molecule is CCc1c(C2NN=C(C3(C(F)(F)F)CC3)S2)nc(-c2ccccc2Cl)n1-c1ccc(Cl)cc1. The van der Waals surface area contributed by atoms with E-state index in [2.05, 4.69) is 10.5 Å². The highest BCUT2D eigenvalue weighted by molar-refractivity contribution is 8.14. The number of imidazole rings is 1. The van der Waals surface area contributed by atoms with Crippen LogP contribution in [0.25, 0.3) is 17.1 Å². The van der Waals surface area contributed by atoms with Gasteiger partial charge in [0, 0.05) is 22.0 Å². The van der Waals surface area contributed by atoms with Gasteiger partial charge in [-0.3, -0.25) is 9.99 Å². The maximum Gasteiger partial charge on any atom is 0.400 e. The molecule has 5 rings (SSSR count). The molecule has 1 atom stereocenters. The Bertz CT molecular complexity index is 1230. The Balaban J connectivity index is 1.60. The van der Waals surface area contributed by atoms with Crippen molar-refractivity contribution >= 4 is 40.0 Å². The Morgan fingerprint density at radius 1 is 1.12 bits per heavy atom. The molecule has 1 aliphatic carbocycles. The van der Waals surface area contributed by atoms with E-state index in [1.54, 1.807) is 18.2 Å². The molecule has 33 heavy (non-hydrogen) atoms. The van der Waals surface area contributed by atoms with Crippen molar-refractivity contribution in [1.29, 1.82) is 0 Å². The molecule has 3 aromatic rings. The van der Waals surface area contributed by atoms with Gasteiger partial charge in [0.05, 0.1) is 10.7 Å². The van der Waals surface area contributed by atoms with E-state index in [-0.39, 0.29) is 17.9 Å². The fraction of sp³-hybridized carbons (Fsp3) is 0.304. The lowest BCUT2D eigenvalue weighted by Crippen LogP contribution is -2.30. The molecule has 1 saturated carbocycles. The van der Waals surface area contributed by atoms with Crippen LogP contribution in [0.3, 0.4) is 0 Å². The summed E-state index contributed by atoms with van der Waals surface area (Å²) in [5, 5.41) is 4.80. The molecule has 0 saturated heterocycles. The molecule has 1 fully saturated rings. The zero-order valence-electron chi connectivity index (χ0n) is 17.5. The molecule has 10 heteroatoms. The quantitative estimate of drug-likeness (QED) is 0.388. The first-order valence-corrected chi connectivity index (χ1v) is 12.1. The molecule has 1 N–H and O–H groups in total. The minimum Gasteiger partial charge on any atom is -0.296 e. The molecule has 2 heterocycles. The number of thioether (sulfide) groups is 1. The van der Waals surface area contributed by atoms with E-state index in [9.17, 15) is 13.2 Å². The minimum absolute atomic E-state index is 0.0709. The van der Waals surface area contributed by atoms with Gasteiger partial charge >= 0.3 is 6.18 Å². The topological polar surface area (TPSA) is 42.2 Å². The van der Waals surface area contributed by atoms with Crippen LogP contribution in [-0.2, 0) is 6.42 Å². The van der Waals surface area contributed by atoms with Crippen LogP contribution >= 0.6 is 35.0 Å². The molecule has 2 aliphatic rings. The Labute approximate surface area is 203 Å². The third kappa shape index (κ3) is 3.82. The molecule has 4 nitrogen and oxygen atoms in total. The van der Waals surface area contributed by atoms with Crippen molar-refractivity contribution in [2.45, 2.75) is 37.7 Å². The number of nitrogens with zero attached hydrogens (tertiary/aromatic N) is 3. The number of hydrogen-bond acceptors (Lipinski definition) is 4. The average molecular weight is 511 g/mol. The Morgan fingerprint density at radius 2 is 1.82 bits per heavy atom. The number of benzene rings is 2.